The standard InChI is InChI=1S/C7H6Cl2N2/c8-6-5(4-1-2-4)7(9)11-3-10-6/h3-4H,1-2H2. The predicted octanol–water partition coefficient (Wildman–Crippen LogP) is 2.66. The highest BCUT2D eigenvalue weighted by Gasteiger charge is 2.29. The lowest BCUT2D eigenvalue weighted by Gasteiger charge is -2.00. The Morgan fingerprint density at radius 2 is 1.73 bits per heavy atom. The van der Waals surface area contributed by atoms with Crippen molar-refractivity contribution in [3.8, 4) is 0 Å². The Balaban J connectivity index is 2.48. The minimum absolute atomic E-state index is 0.507. The van der Waals surface area contributed by atoms with Gasteiger partial charge in [-0.15, -0.1) is 0 Å². The second-order valence-electron chi connectivity index (χ2n) is 2.64. The van der Waals surface area contributed by atoms with Crippen molar-refractivity contribution in [2.75, 3.05) is 0 Å². The number of halogens is 2. The van der Waals surface area contributed by atoms with Crippen molar-refractivity contribution in [1.29, 1.82) is 0 Å². The molecular weight excluding hydrogens is 183 g/mol. The SMILES string of the molecule is Clc1ncnc(Cl)c1C1CC1. The Morgan fingerprint density at radius 1 is 1.18 bits per heavy atom. The van der Waals surface area contributed by atoms with Gasteiger partial charge in [-0.3, -0.25) is 0 Å². The molecule has 0 aromatic carbocycles. The molecule has 1 aromatic rings. The fraction of sp³-hybridized carbons (Fsp3) is 0.429. The Labute approximate surface area is 74.6 Å². The monoisotopic (exact) mass is 188 g/mol. The lowest BCUT2D eigenvalue weighted by molar-refractivity contribution is 1.04. The molecule has 2 rings (SSSR count). The summed E-state index contributed by atoms with van der Waals surface area (Å²) in [5, 5.41) is 1.01. The lowest BCUT2D eigenvalue weighted by Crippen LogP contribution is -1.89. The molecule has 1 aliphatic rings. The van der Waals surface area contributed by atoms with Gasteiger partial charge in [0.1, 0.15) is 16.6 Å². The fourth-order valence-electron chi connectivity index (χ4n) is 1.06. The van der Waals surface area contributed by atoms with E-state index < -0.39 is 0 Å². The highest BCUT2D eigenvalue weighted by atomic mass is 35.5. The van der Waals surface area contributed by atoms with Crippen LogP contribution < -0.4 is 0 Å². The van der Waals surface area contributed by atoms with Crippen LogP contribution in [0.2, 0.25) is 10.3 Å². The first-order chi connectivity index (χ1) is 5.29. The van der Waals surface area contributed by atoms with Crippen LogP contribution in [0.3, 0.4) is 0 Å². The smallest absolute Gasteiger partial charge is 0.137 e. The minimum Gasteiger partial charge on any atom is -0.224 e. The molecule has 1 aliphatic carbocycles. The van der Waals surface area contributed by atoms with E-state index in [4.69, 9.17) is 23.2 Å². The second-order valence-corrected chi connectivity index (χ2v) is 3.36. The minimum atomic E-state index is 0.507. The maximum absolute atomic E-state index is 5.83. The van der Waals surface area contributed by atoms with Crippen molar-refractivity contribution in [2.24, 2.45) is 0 Å². The summed E-state index contributed by atoms with van der Waals surface area (Å²) >= 11 is 11.7. The van der Waals surface area contributed by atoms with Crippen LogP contribution in [0.5, 0.6) is 0 Å². The second kappa shape index (κ2) is 2.61. The number of hydrogen-bond acceptors (Lipinski definition) is 2. The molecule has 0 spiro atoms. The van der Waals surface area contributed by atoms with Gasteiger partial charge in [-0.2, -0.15) is 0 Å². The topological polar surface area (TPSA) is 25.8 Å². The van der Waals surface area contributed by atoms with E-state index in [1.807, 2.05) is 0 Å². The average molecular weight is 189 g/mol. The van der Waals surface area contributed by atoms with Gasteiger partial charge in [-0.05, 0) is 18.8 Å². The Morgan fingerprint density at radius 3 is 2.18 bits per heavy atom. The summed E-state index contributed by atoms with van der Waals surface area (Å²) in [5.74, 6) is 0.510. The molecule has 0 atom stereocenters. The first-order valence-electron chi connectivity index (χ1n) is 3.45. The van der Waals surface area contributed by atoms with Crippen LogP contribution in [-0.2, 0) is 0 Å². The summed E-state index contributed by atoms with van der Waals surface area (Å²) in [4.78, 5) is 7.74. The van der Waals surface area contributed by atoms with Crippen molar-refractivity contribution in [2.45, 2.75) is 18.8 Å². The van der Waals surface area contributed by atoms with Gasteiger partial charge in [0.15, 0.2) is 0 Å². The van der Waals surface area contributed by atoms with Gasteiger partial charge in [0.2, 0.25) is 0 Å². The van der Waals surface area contributed by atoms with E-state index in [0.29, 0.717) is 16.2 Å². The van der Waals surface area contributed by atoms with Crippen molar-refractivity contribution < 1.29 is 0 Å². The maximum Gasteiger partial charge on any atom is 0.137 e. The molecule has 2 nitrogen and oxygen atoms in total. The largest absolute Gasteiger partial charge is 0.224 e. The third kappa shape index (κ3) is 1.33. The quantitative estimate of drug-likeness (QED) is 0.634. The molecule has 1 aromatic heterocycles. The summed E-state index contributed by atoms with van der Waals surface area (Å²) in [6, 6.07) is 0. The molecule has 1 heterocycles. The van der Waals surface area contributed by atoms with E-state index in [-0.39, 0.29) is 0 Å². The maximum atomic E-state index is 5.83. The van der Waals surface area contributed by atoms with E-state index in [9.17, 15) is 0 Å². The summed E-state index contributed by atoms with van der Waals surface area (Å²) < 4.78 is 0. The number of rotatable bonds is 1. The van der Waals surface area contributed by atoms with Gasteiger partial charge in [0.05, 0.1) is 0 Å². The molecule has 0 radical (unpaired) electrons. The van der Waals surface area contributed by atoms with Gasteiger partial charge in [0, 0.05) is 5.56 Å². The third-order valence-electron chi connectivity index (χ3n) is 1.77. The van der Waals surface area contributed by atoms with Crippen LogP contribution in [-0.4, -0.2) is 9.97 Å². The molecule has 1 fully saturated rings. The van der Waals surface area contributed by atoms with Gasteiger partial charge < -0.3 is 0 Å². The van der Waals surface area contributed by atoms with Crippen LogP contribution in [0.4, 0.5) is 0 Å². The summed E-state index contributed by atoms with van der Waals surface area (Å²) in [7, 11) is 0. The summed E-state index contributed by atoms with van der Waals surface area (Å²) in [6.07, 6.45) is 3.70. The number of nitrogens with zero attached hydrogens (tertiary/aromatic N) is 2. The van der Waals surface area contributed by atoms with Gasteiger partial charge in [0.25, 0.3) is 0 Å². The Hall–Kier alpha value is -0.340. The molecule has 0 saturated heterocycles. The lowest BCUT2D eigenvalue weighted by atomic mass is 10.2. The van der Waals surface area contributed by atoms with E-state index >= 15 is 0 Å². The van der Waals surface area contributed by atoms with Crippen LogP contribution in [0, 0.1) is 0 Å². The molecule has 0 bridgehead atoms. The van der Waals surface area contributed by atoms with E-state index in [2.05, 4.69) is 9.97 Å². The highest BCUT2D eigenvalue weighted by molar-refractivity contribution is 6.34. The Bertz CT molecular complexity index is 264. The average Bonchev–Trinajstić information content (AvgIpc) is 2.70. The first-order valence-corrected chi connectivity index (χ1v) is 4.20. The molecule has 11 heavy (non-hydrogen) atoms. The molecule has 4 heteroatoms. The molecule has 0 unspecified atom stereocenters. The van der Waals surface area contributed by atoms with Crippen molar-refractivity contribution in [1.82, 2.24) is 9.97 Å². The number of hydrogen-bond donors (Lipinski definition) is 0. The summed E-state index contributed by atoms with van der Waals surface area (Å²) in [6.45, 7) is 0. The van der Waals surface area contributed by atoms with Crippen LogP contribution >= 0.6 is 23.2 Å². The normalized spacial score (nSPS) is 16.9. The zero-order valence-electron chi connectivity index (χ0n) is 5.72. The number of aromatic nitrogens is 2. The van der Waals surface area contributed by atoms with Crippen molar-refractivity contribution >= 4 is 23.2 Å². The molecule has 0 aliphatic heterocycles. The zero-order valence-corrected chi connectivity index (χ0v) is 7.23. The van der Waals surface area contributed by atoms with Crippen molar-refractivity contribution in [3.63, 3.8) is 0 Å². The highest BCUT2D eigenvalue weighted by Crippen LogP contribution is 2.44. The molecule has 0 amide bonds. The third-order valence-corrected chi connectivity index (χ3v) is 2.37. The van der Waals surface area contributed by atoms with Crippen LogP contribution in [0.15, 0.2) is 6.33 Å². The van der Waals surface area contributed by atoms with Crippen LogP contribution in [0.1, 0.15) is 24.3 Å². The fourth-order valence-corrected chi connectivity index (χ4v) is 1.69. The van der Waals surface area contributed by atoms with Crippen LogP contribution in [0.25, 0.3) is 0 Å². The van der Waals surface area contributed by atoms with Gasteiger partial charge in [-0.25, -0.2) is 9.97 Å². The molecule has 58 valence electrons. The first kappa shape index (κ1) is 7.32. The Kier molecular flexibility index (Phi) is 1.74. The van der Waals surface area contributed by atoms with Gasteiger partial charge in [-0.1, -0.05) is 23.2 Å². The molecular formula is C7H6Cl2N2. The van der Waals surface area contributed by atoms with E-state index in [1.54, 1.807) is 0 Å². The van der Waals surface area contributed by atoms with E-state index in [0.717, 1.165) is 18.4 Å². The van der Waals surface area contributed by atoms with Gasteiger partial charge >= 0.3 is 0 Å². The molecule has 1 saturated carbocycles. The van der Waals surface area contributed by atoms with Crippen molar-refractivity contribution in [3.05, 3.63) is 22.2 Å². The summed E-state index contributed by atoms with van der Waals surface area (Å²) in [5.41, 5.74) is 0.927. The molecule has 0 N–H and O–H groups in total. The zero-order chi connectivity index (χ0) is 7.84. The predicted molar refractivity (Wildman–Crippen MR) is 44.0 cm³/mol. The van der Waals surface area contributed by atoms with E-state index in [1.165, 1.54) is 6.33 Å².